The van der Waals surface area contributed by atoms with Gasteiger partial charge in [0.15, 0.2) is 0 Å². The van der Waals surface area contributed by atoms with Crippen molar-refractivity contribution in [3.05, 3.63) is 231 Å². The second-order valence-electron chi connectivity index (χ2n) is 19.7. The zero-order chi connectivity index (χ0) is 45.3. The maximum absolute atomic E-state index is 2.50. The van der Waals surface area contributed by atoms with E-state index in [2.05, 4.69) is 231 Å². The molecule has 70 heavy (non-hydrogen) atoms. The number of fused-ring (bicyclic) bond motifs is 12. The first kappa shape index (κ1) is 37.0. The fourth-order valence-electron chi connectivity index (χ4n) is 13.6. The molecule has 0 aliphatic heterocycles. The standard InChI is InChI=1S/C70H38/c1-3-13-39(14-4-1)42-19-9-21-44(35-42)63-46-23-7-8-24-47(46)64(45-22-10-20-43(36-45)40-15-5-2-6-16-40)70-57-34-32-53-51-28-30-55-61-38-59-49-26-12-18-41-17-11-25-48(62(41)49)58(59)37-60(61)54-29-27-50(65(51)67(54)55)52-31-33-56(69(63)70)68(57)66(52)53/h1-38H. The maximum atomic E-state index is 2.50. The van der Waals surface area contributed by atoms with Crippen LogP contribution in [0.1, 0.15) is 0 Å². The van der Waals surface area contributed by atoms with Gasteiger partial charge in [-0.3, -0.25) is 0 Å². The first-order chi connectivity index (χ1) is 34.7. The molecule has 16 aromatic carbocycles. The van der Waals surface area contributed by atoms with Gasteiger partial charge in [0.25, 0.3) is 0 Å². The van der Waals surface area contributed by atoms with Crippen molar-refractivity contribution < 1.29 is 0 Å². The lowest BCUT2D eigenvalue weighted by atomic mass is 9.82. The first-order valence-corrected chi connectivity index (χ1v) is 24.6. The lowest BCUT2D eigenvalue weighted by molar-refractivity contribution is 1.59. The molecular weight excluding hydrogens is 841 g/mol. The van der Waals surface area contributed by atoms with Crippen LogP contribution in [0.5, 0.6) is 0 Å². The molecule has 17 rings (SSSR count). The molecule has 1 aliphatic carbocycles. The highest BCUT2D eigenvalue weighted by molar-refractivity contribution is 6.45. The summed E-state index contributed by atoms with van der Waals surface area (Å²) in [7, 11) is 0. The molecule has 318 valence electrons. The molecule has 0 saturated heterocycles. The van der Waals surface area contributed by atoms with Crippen molar-refractivity contribution >= 4 is 108 Å². The highest BCUT2D eigenvalue weighted by atomic mass is 14.3. The van der Waals surface area contributed by atoms with Crippen LogP contribution >= 0.6 is 0 Å². The van der Waals surface area contributed by atoms with E-state index in [0.717, 1.165) is 0 Å². The van der Waals surface area contributed by atoms with Crippen LogP contribution in [0.4, 0.5) is 0 Å². The maximum Gasteiger partial charge on any atom is -0.000740 e. The molecule has 16 aromatic rings. The number of hydrogen-bond donors (Lipinski definition) is 0. The van der Waals surface area contributed by atoms with Gasteiger partial charge in [0.05, 0.1) is 0 Å². The smallest absolute Gasteiger partial charge is 0.000740 e. The topological polar surface area (TPSA) is 0 Å². The monoisotopic (exact) mass is 878 g/mol. The minimum absolute atomic E-state index is 1.22. The molecule has 1 aliphatic rings. The molecule has 0 amide bonds. The van der Waals surface area contributed by atoms with Gasteiger partial charge in [0.2, 0.25) is 0 Å². The third-order valence-corrected chi connectivity index (χ3v) is 16.4. The number of hydrogen-bond acceptors (Lipinski definition) is 0. The van der Waals surface area contributed by atoms with Crippen molar-refractivity contribution in [2.24, 2.45) is 0 Å². The van der Waals surface area contributed by atoms with Crippen LogP contribution < -0.4 is 0 Å². The highest BCUT2D eigenvalue weighted by Gasteiger charge is 2.33. The Morgan fingerprint density at radius 1 is 0.157 bits per heavy atom. The van der Waals surface area contributed by atoms with E-state index in [9.17, 15) is 0 Å². The molecule has 0 heterocycles. The Balaban J connectivity index is 0.978. The van der Waals surface area contributed by atoms with Crippen LogP contribution in [0, 0.1) is 0 Å². The summed E-state index contributed by atoms with van der Waals surface area (Å²) in [6.07, 6.45) is 0. The SMILES string of the molecule is c1ccc(-c2cccc(-c3c4c(c(-c5cccc(-c6ccccc6)c5)c5ccccc35)-c3ccc5c6ccc7c8cc9c(cc8c8ccc(c%10ccc-4c3c%105)c6c87)c3cccc4cccc9c43)c2)cc1. The van der Waals surface area contributed by atoms with E-state index < -0.39 is 0 Å². The fourth-order valence-corrected chi connectivity index (χ4v) is 13.6. The van der Waals surface area contributed by atoms with Gasteiger partial charge in [0, 0.05) is 0 Å². The molecule has 0 aromatic heterocycles. The van der Waals surface area contributed by atoms with E-state index in [4.69, 9.17) is 0 Å². The van der Waals surface area contributed by atoms with Crippen molar-refractivity contribution in [3.8, 4) is 66.8 Å². The largest absolute Gasteiger partial charge is 0.0622 e. The van der Waals surface area contributed by atoms with Crippen LogP contribution in [0.2, 0.25) is 0 Å². The van der Waals surface area contributed by atoms with E-state index in [1.165, 1.54) is 174 Å². The second kappa shape index (κ2) is 13.3. The van der Waals surface area contributed by atoms with Crippen LogP contribution in [-0.4, -0.2) is 0 Å². The molecule has 0 saturated carbocycles. The summed E-state index contributed by atoms with van der Waals surface area (Å²) in [6, 6.07) is 87.3. The predicted octanol–water partition coefficient (Wildman–Crippen LogP) is 19.8. The molecule has 0 radical (unpaired) electrons. The minimum atomic E-state index is 1.22. The Morgan fingerprint density at radius 2 is 0.486 bits per heavy atom. The molecule has 0 nitrogen and oxygen atoms in total. The first-order valence-electron chi connectivity index (χ1n) is 24.6. The number of benzene rings is 14. The molecule has 0 bridgehead atoms. The predicted molar refractivity (Wildman–Crippen MR) is 301 cm³/mol. The quantitative estimate of drug-likeness (QED) is 0.122. The summed E-state index contributed by atoms with van der Waals surface area (Å²) in [5.74, 6) is 0. The van der Waals surface area contributed by atoms with Crippen LogP contribution in [-0.2, 0) is 0 Å². The van der Waals surface area contributed by atoms with Crippen LogP contribution in [0.3, 0.4) is 0 Å². The van der Waals surface area contributed by atoms with Crippen molar-refractivity contribution in [2.75, 3.05) is 0 Å². The van der Waals surface area contributed by atoms with Gasteiger partial charge in [0.1, 0.15) is 0 Å². The third-order valence-electron chi connectivity index (χ3n) is 16.4. The van der Waals surface area contributed by atoms with Crippen LogP contribution in [0.15, 0.2) is 231 Å². The average Bonchev–Trinajstić information content (AvgIpc) is 4.05. The number of rotatable bonds is 4. The van der Waals surface area contributed by atoms with E-state index in [-0.39, 0.29) is 0 Å². The summed E-state index contributed by atoms with van der Waals surface area (Å²) < 4.78 is 0. The van der Waals surface area contributed by atoms with Crippen molar-refractivity contribution in [3.63, 3.8) is 0 Å². The fraction of sp³-hybridized carbons (Fsp3) is 0. The molecule has 0 unspecified atom stereocenters. The Kier molecular flexibility index (Phi) is 7.03. The van der Waals surface area contributed by atoms with Crippen molar-refractivity contribution in [1.29, 1.82) is 0 Å². The molecule has 0 fully saturated rings. The van der Waals surface area contributed by atoms with Gasteiger partial charge in [-0.15, -0.1) is 0 Å². The highest BCUT2D eigenvalue weighted by Crippen LogP contribution is 2.60. The van der Waals surface area contributed by atoms with E-state index >= 15 is 0 Å². The van der Waals surface area contributed by atoms with Crippen LogP contribution in [0.25, 0.3) is 174 Å². The van der Waals surface area contributed by atoms with E-state index in [1.54, 1.807) is 0 Å². The molecule has 0 N–H and O–H groups in total. The van der Waals surface area contributed by atoms with Gasteiger partial charge in [-0.1, -0.05) is 206 Å². The second-order valence-corrected chi connectivity index (χ2v) is 19.7. The van der Waals surface area contributed by atoms with E-state index in [0.29, 0.717) is 0 Å². The Bertz CT molecular complexity index is 4610. The summed E-state index contributed by atoms with van der Waals surface area (Å²) in [4.78, 5) is 0. The van der Waals surface area contributed by atoms with Gasteiger partial charge in [-0.2, -0.15) is 0 Å². The normalized spacial score (nSPS) is 12.6. The lowest BCUT2D eigenvalue weighted by Crippen LogP contribution is -1.94. The van der Waals surface area contributed by atoms with Gasteiger partial charge < -0.3 is 0 Å². The third kappa shape index (κ3) is 4.66. The molecular formula is C70H38. The molecule has 0 spiro atoms. The van der Waals surface area contributed by atoms with E-state index in [1.807, 2.05) is 0 Å². The van der Waals surface area contributed by atoms with Gasteiger partial charge >= 0.3 is 0 Å². The van der Waals surface area contributed by atoms with Crippen molar-refractivity contribution in [2.45, 2.75) is 0 Å². The zero-order valence-electron chi connectivity index (χ0n) is 37.9. The minimum Gasteiger partial charge on any atom is -0.0622 e. The zero-order valence-corrected chi connectivity index (χ0v) is 37.9. The lowest BCUT2D eigenvalue weighted by Gasteiger charge is -2.21. The van der Waals surface area contributed by atoms with Gasteiger partial charge in [-0.25, -0.2) is 0 Å². The molecule has 0 heteroatoms. The Morgan fingerprint density at radius 3 is 0.943 bits per heavy atom. The summed E-state index contributed by atoms with van der Waals surface area (Å²) in [6.45, 7) is 0. The Hall–Kier alpha value is -9.10. The summed E-state index contributed by atoms with van der Waals surface area (Å²) in [5.41, 5.74) is 15.2. The summed E-state index contributed by atoms with van der Waals surface area (Å²) >= 11 is 0. The van der Waals surface area contributed by atoms with Gasteiger partial charge in [-0.05, 0) is 199 Å². The average molecular weight is 879 g/mol. The molecule has 0 atom stereocenters. The van der Waals surface area contributed by atoms with Crippen molar-refractivity contribution in [1.82, 2.24) is 0 Å². The summed E-state index contributed by atoms with van der Waals surface area (Å²) in [5, 5.41) is 26.8. The Labute approximate surface area is 402 Å².